The van der Waals surface area contributed by atoms with Crippen LogP contribution in [-0.2, 0) is 4.79 Å². The van der Waals surface area contributed by atoms with Crippen LogP contribution >= 0.6 is 11.6 Å². The number of hydrogen-bond acceptors (Lipinski definition) is 3. The molecule has 1 heterocycles. The number of carboxylic acids is 1. The van der Waals surface area contributed by atoms with Gasteiger partial charge in [-0.05, 0) is 30.7 Å². The summed E-state index contributed by atoms with van der Waals surface area (Å²) in [5.74, 6) is -2.00. The van der Waals surface area contributed by atoms with E-state index in [1.54, 1.807) is 12.1 Å². The molecule has 0 saturated carbocycles. The van der Waals surface area contributed by atoms with Crippen molar-refractivity contribution in [2.75, 3.05) is 0 Å². The summed E-state index contributed by atoms with van der Waals surface area (Å²) in [6.07, 6.45) is -6.59. The van der Waals surface area contributed by atoms with E-state index in [9.17, 15) is 22.8 Å². The Morgan fingerprint density at radius 1 is 1.15 bits per heavy atom. The van der Waals surface area contributed by atoms with Crippen molar-refractivity contribution in [1.29, 1.82) is 0 Å². The Morgan fingerprint density at radius 2 is 1.78 bits per heavy atom. The highest BCUT2D eigenvalue weighted by atomic mass is 35.5. The summed E-state index contributed by atoms with van der Waals surface area (Å²) in [6.45, 7) is 1.39. The van der Waals surface area contributed by atoms with Crippen LogP contribution in [0.25, 0.3) is 17.2 Å². The van der Waals surface area contributed by atoms with Crippen LogP contribution in [0.5, 0.6) is 5.75 Å². The molecule has 0 spiro atoms. The first kappa shape index (κ1) is 19.0. The maximum absolute atomic E-state index is 13.3. The second-order valence-corrected chi connectivity index (χ2v) is 6.39. The maximum atomic E-state index is 13.3. The largest absolute Gasteiger partial charge is 0.478 e. The number of rotatable bonds is 3. The first-order chi connectivity index (χ1) is 12.6. The Kier molecular flexibility index (Phi) is 4.73. The van der Waals surface area contributed by atoms with Gasteiger partial charge in [0.25, 0.3) is 0 Å². The first-order valence-electron chi connectivity index (χ1n) is 7.71. The van der Waals surface area contributed by atoms with Crippen LogP contribution in [0.3, 0.4) is 0 Å². The fourth-order valence-electron chi connectivity index (χ4n) is 2.79. The van der Waals surface area contributed by atoms with Crippen LogP contribution in [0.1, 0.15) is 22.8 Å². The van der Waals surface area contributed by atoms with Crippen molar-refractivity contribution in [1.82, 2.24) is 0 Å². The van der Waals surface area contributed by atoms with Crippen LogP contribution in [0.15, 0.2) is 42.0 Å². The summed E-state index contributed by atoms with van der Waals surface area (Å²) in [5, 5.41) is 9.33. The maximum Gasteiger partial charge on any atom is 0.430 e. The van der Waals surface area contributed by atoms with Gasteiger partial charge in [-0.3, -0.25) is 4.79 Å². The Labute approximate surface area is 156 Å². The number of benzene rings is 2. The Morgan fingerprint density at radius 3 is 2.30 bits per heavy atom. The number of carbonyl (C=O) groups excluding carboxylic acids is 1. The summed E-state index contributed by atoms with van der Waals surface area (Å²) < 4.78 is 45.0. The molecule has 1 aliphatic heterocycles. The molecule has 1 N–H and O–H groups in total. The van der Waals surface area contributed by atoms with Gasteiger partial charge in [0.15, 0.2) is 5.78 Å². The molecule has 0 bridgehead atoms. The molecule has 0 aliphatic carbocycles. The number of halogens is 4. The topological polar surface area (TPSA) is 63.6 Å². The number of hydrogen-bond donors (Lipinski definition) is 1. The standard InChI is InChI=1S/C19H12ClF3O4/c1-9(24)10-2-4-11(5-3-10)14-8-13(20)6-12-7-15(18(25)26)17(19(21,22)23)27-16(12)14/h2-8,17H,1H3,(H,25,26). The van der Waals surface area contributed by atoms with Gasteiger partial charge >= 0.3 is 12.1 Å². The zero-order chi connectivity index (χ0) is 19.9. The van der Waals surface area contributed by atoms with E-state index in [1.165, 1.54) is 31.2 Å². The van der Waals surface area contributed by atoms with Gasteiger partial charge in [-0.15, -0.1) is 0 Å². The lowest BCUT2D eigenvalue weighted by atomic mass is 9.95. The summed E-state index contributed by atoms with van der Waals surface area (Å²) in [4.78, 5) is 22.6. The lowest BCUT2D eigenvalue weighted by molar-refractivity contribution is -0.187. The van der Waals surface area contributed by atoms with E-state index in [0.717, 1.165) is 6.08 Å². The Hall–Kier alpha value is -2.80. The third kappa shape index (κ3) is 3.68. The molecule has 27 heavy (non-hydrogen) atoms. The van der Waals surface area contributed by atoms with Gasteiger partial charge in [-0.2, -0.15) is 13.2 Å². The number of fused-ring (bicyclic) bond motifs is 1. The predicted molar refractivity (Wildman–Crippen MR) is 93.0 cm³/mol. The predicted octanol–water partition coefficient (Wildman–Crippen LogP) is 5.00. The van der Waals surface area contributed by atoms with E-state index in [2.05, 4.69) is 0 Å². The molecule has 0 fully saturated rings. The van der Waals surface area contributed by atoms with Gasteiger partial charge < -0.3 is 9.84 Å². The van der Waals surface area contributed by atoms with Crippen molar-refractivity contribution < 1.29 is 32.6 Å². The fraction of sp³-hybridized carbons (Fsp3) is 0.158. The summed E-state index contributed by atoms with van der Waals surface area (Å²) >= 11 is 6.06. The van der Waals surface area contributed by atoms with Gasteiger partial charge in [0.05, 0.1) is 5.57 Å². The van der Waals surface area contributed by atoms with Gasteiger partial charge in [0.2, 0.25) is 6.10 Å². The van der Waals surface area contributed by atoms with E-state index >= 15 is 0 Å². The average Bonchev–Trinajstić information content (AvgIpc) is 2.59. The van der Waals surface area contributed by atoms with E-state index in [-0.39, 0.29) is 27.7 Å². The molecule has 1 unspecified atom stereocenters. The Bertz CT molecular complexity index is 962. The number of ether oxygens (including phenoxy) is 1. The van der Waals surface area contributed by atoms with Crippen LogP contribution in [-0.4, -0.2) is 29.1 Å². The fourth-order valence-corrected chi connectivity index (χ4v) is 3.02. The molecule has 8 heteroatoms. The molecule has 0 aromatic heterocycles. The van der Waals surface area contributed by atoms with Gasteiger partial charge in [0.1, 0.15) is 5.75 Å². The second kappa shape index (κ2) is 6.74. The summed E-state index contributed by atoms with van der Waals surface area (Å²) in [6, 6.07) is 8.95. The van der Waals surface area contributed by atoms with Gasteiger partial charge in [0, 0.05) is 21.7 Å². The van der Waals surface area contributed by atoms with Crippen molar-refractivity contribution in [3.8, 4) is 16.9 Å². The number of alkyl halides is 3. The van der Waals surface area contributed by atoms with E-state index < -0.39 is 23.8 Å². The smallest absolute Gasteiger partial charge is 0.430 e. The average molecular weight is 397 g/mol. The van der Waals surface area contributed by atoms with Crippen molar-refractivity contribution in [2.45, 2.75) is 19.2 Å². The van der Waals surface area contributed by atoms with Crippen molar-refractivity contribution >= 4 is 29.4 Å². The monoisotopic (exact) mass is 396 g/mol. The lowest BCUT2D eigenvalue weighted by Gasteiger charge is -2.28. The highest BCUT2D eigenvalue weighted by Crippen LogP contribution is 2.44. The zero-order valence-electron chi connectivity index (χ0n) is 13.8. The molecule has 2 aromatic rings. The van der Waals surface area contributed by atoms with Crippen molar-refractivity contribution in [3.63, 3.8) is 0 Å². The molecule has 1 aliphatic rings. The molecule has 0 amide bonds. The molecule has 4 nitrogen and oxygen atoms in total. The first-order valence-corrected chi connectivity index (χ1v) is 8.09. The summed E-state index contributed by atoms with van der Waals surface area (Å²) in [7, 11) is 0. The van der Waals surface area contributed by atoms with Crippen LogP contribution < -0.4 is 4.74 Å². The van der Waals surface area contributed by atoms with E-state index in [4.69, 9.17) is 21.4 Å². The van der Waals surface area contributed by atoms with Gasteiger partial charge in [-0.25, -0.2) is 4.79 Å². The van der Waals surface area contributed by atoms with Crippen molar-refractivity contribution in [3.05, 3.63) is 58.1 Å². The molecular weight excluding hydrogens is 385 g/mol. The molecule has 2 aromatic carbocycles. The van der Waals surface area contributed by atoms with Gasteiger partial charge in [-0.1, -0.05) is 35.9 Å². The number of carbonyl (C=O) groups is 2. The molecular formula is C19H12ClF3O4. The normalized spacial score (nSPS) is 16.2. The van der Waals surface area contributed by atoms with Crippen LogP contribution in [0, 0.1) is 0 Å². The minimum absolute atomic E-state index is 0.123. The van der Waals surface area contributed by atoms with Crippen molar-refractivity contribution in [2.24, 2.45) is 0 Å². The highest BCUT2D eigenvalue weighted by molar-refractivity contribution is 6.31. The number of carboxylic acid groups (broad SMARTS) is 1. The third-order valence-corrected chi connectivity index (χ3v) is 4.28. The minimum atomic E-state index is -4.91. The van der Waals surface area contributed by atoms with Crippen LogP contribution in [0.4, 0.5) is 13.2 Å². The molecule has 0 radical (unpaired) electrons. The summed E-state index contributed by atoms with van der Waals surface area (Å²) in [5.41, 5.74) is 0.396. The molecule has 3 rings (SSSR count). The second-order valence-electron chi connectivity index (χ2n) is 5.95. The zero-order valence-corrected chi connectivity index (χ0v) is 14.6. The molecule has 0 saturated heterocycles. The lowest BCUT2D eigenvalue weighted by Crippen LogP contribution is -2.40. The van der Waals surface area contributed by atoms with Crippen LogP contribution in [0.2, 0.25) is 5.02 Å². The minimum Gasteiger partial charge on any atom is -0.478 e. The van der Waals surface area contributed by atoms with E-state index in [0.29, 0.717) is 11.1 Å². The highest BCUT2D eigenvalue weighted by Gasteiger charge is 2.48. The number of aliphatic carboxylic acids is 1. The quantitative estimate of drug-likeness (QED) is 0.741. The molecule has 140 valence electrons. The number of ketones is 1. The SMILES string of the molecule is CC(=O)c1ccc(-c2cc(Cl)cc3c2OC(C(F)(F)F)C(C(=O)O)=C3)cc1. The molecule has 1 atom stereocenters. The number of Topliss-reactive ketones (excluding diaryl/α,β-unsaturated/α-hetero) is 1. The third-order valence-electron chi connectivity index (χ3n) is 4.06. The van der Waals surface area contributed by atoms with E-state index in [1.807, 2.05) is 0 Å². The Balaban J connectivity index is 2.18.